The highest BCUT2D eigenvalue weighted by Gasteiger charge is 2.19. The molecule has 0 aliphatic heterocycles. The number of ether oxygens (including phenoxy) is 3. The van der Waals surface area contributed by atoms with Gasteiger partial charge >= 0.3 is 0 Å². The van der Waals surface area contributed by atoms with Crippen molar-refractivity contribution in [3.8, 4) is 34.3 Å². The molecule has 3 aromatic carbocycles. The highest BCUT2D eigenvalue weighted by Crippen LogP contribution is 2.32. The van der Waals surface area contributed by atoms with Crippen LogP contribution in [0.15, 0.2) is 79.1 Å². The largest absolute Gasteiger partial charge is 0.497 e. The molecule has 0 atom stereocenters. The standard InChI is InChI=1S/C26H23N5O3/c1-32-20-10-4-17(5-11-20)25-30-23-24(29-18-6-12-21(33-2)13-7-18)27-16-28-26(23)31(25)19-8-14-22(34-3)15-9-19/h4-16H,1-3H3,(H,27,28,29). The van der Waals surface area contributed by atoms with Crippen molar-refractivity contribution >= 4 is 22.7 Å². The number of nitrogens with zero attached hydrogens (tertiary/aromatic N) is 4. The van der Waals surface area contributed by atoms with Crippen LogP contribution in [0.5, 0.6) is 17.2 Å². The second kappa shape index (κ2) is 9.11. The van der Waals surface area contributed by atoms with E-state index in [0.29, 0.717) is 17.0 Å². The Balaban J connectivity index is 1.66. The lowest BCUT2D eigenvalue weighted by molar-refractivity contribution is 0.414. The van der Waals surface area contributed by atoms with Gasteiger partial charge in [-0.1, -0.05) is 0 Å². The van der Waals surface area contributed by atoms with Crippen LogP contribution in [-0.4, -0.2) is 40.8 Å². The van der Waals surface area contributed by atoms with Gasteiger partial charge in [-0.2, -0.15) is 0 Å². The Morgan fingerprint density at radius 1 is 0.676 bits per heavy atom. The third-order valence-corrected chi connectivity index (χ3v) is 5.48. The van der Waals surface area contributed by atoms with Crippen LogP contribution in [0.1, 0.15) is 0 Å². The summed E-state index contributed by atoms with van der Waals surface area (Å²) in [5, 5.41) is 3.36. The van der Waals surface area contributed by atoms with Gasteiger partial charge in [0.2, 0.25) is 0 Å². The first-order valence-electron chi connectivity index (χ1n) is 10.6. The normalized spacial score (nSPS) is 10.8. The van der Waals surface area contributed by atoms with Crippen molar-refractivity contribution < 1.29 is 14.2 Å². The summed E-state index contributed by atoms with van der Waals surface area (Å²) in [4.78, 5) is 14.0. The lowest BCUT2D eigenvalue weighted by atomic mass is 10.2. The zero-order valence-electron chi connectivity index (χ0n) is 19.0. The van der Waals surface area contributed by atoms with Gasteiger partial charge in [-0.25, -0.2) is 15.0 Å². The SMILES string of the molecule is COc1ccc(Nc2ncnc3c2nc(-c2ccc(OC)cc2)n3-c2ccc(OC)cc2)cc1. The number of imidazole rings is 1. The highest BCUT2D eigenvalue weighted by atomic mass is 16.5. The minimum Gasteiger partial charge on any atom is -0.497 e. The van der Waals surface area contributed by atoms with E-state index < -0.39 is 0 Å². The van der Waals surface area contributed by atoms with Gasteiger partial charge in [-0.3, -0.25) is 4.57 Å². The number of aromatic nitrogens is 4. The molecule has 2 heterocycles. The maximum Gasteiger partial charge on any atom is 0.170 e. The molecular formula is C26H23N5O3. The van der Waals surface area contributed by atoms with Gasteiger partial charge in [0, 0.05) is 16.9 Å². The van der Waals surface area contributed by atoms with E-state index in [0.717, 1.165) is 40.0 Å². The maximum absolute atomic E-state index is 5.33. The minimum absolute atomic E-state index is 0.609. The molecule has 0 bridgehead atoms. The second-order valence-corrected chi connectivity index (χ2v) is 7.45. The first kappa shape index (κ1) is 21.3. The van der Waals surface area contributed by atoms with E-state index in [1.54, 1.807) is 21.3 Å². The monoisotopic (exact) mass is 453 g/mol. The van der Waals surface area contributed by atoms with E-state index in [1.165, 1.54) is 6.33 Å². The second-order valence-electron chi connectivity index (χ2n) is 7.45. The molecule has 0 fully saturated rings. The van der Waals surface area contributed by atoms with Gasteiger partial charge in [-0.15, -0.1) is 0 Å². The van der Waals surface area contributed by atoms with Gasteiger partial charge < -0.3 is 19.5 Å². The lowest BCUT2D eigenvalue weighted by Crippen LogP contribution is -2.00. The molecule has 0 radical (unpaired) electrons. The predicted molar refractivity (Wildman–Crippen MR) is 131 cm³/mol. The fourth-order valence-electron chi connectivity index (χ4n) is 3.70. The van der Waals surface area contributed by atoms with Crippen LogP contribution in [0.25, 0.3) is 28.2 Å². The Kier molecular flexibility index (Phi) is 5.70. The molecule has 34 heavy (non-hydrogen) atoms. The summed E-state index contributed by atoms with van der Waals surface area (Å²) < 4.78 is 17.9. The van der Waals surface area contributed by atoms with Crippen LogP contribution >= 0.6 is 0 Å². The summed E-state index contributed by atoms with van der Waals surface area (Å²) in [6, 6.07) is 23.2. The Bertz CT molecular complexity index is 1410. The summed E-state index contributed by atoms with van der Waals surface area (Å²) in [6.07, 6.45) is 1.54. The molecule has 1 N–H and O–H groups in total. The highest BCUT2D eigenvalue weighted by molar-refractivity contribution is 5.89. The van der Waals surface area contributed by atoms with Crippen molar-refractivity contribution in [1.82, 2.24) is 19.5 Å². The quantitative estimate of drug-likeness (QED) is 0.360. The fraction of sp³-hybridized carbons (Fsp3) is 0.115. The van der Waals surface area contributed by atoms with Crippen LogP contribution < -0.4 is 19.5 Å². The third kappa shape index (κ3) is 3.97. The first-order chi connectivity index (χ1) is 16.7. The molecule has 0 unspecified atom stereocenters. The zero-order valence-corrected chi connectivity index (χ0v) is 19.0. The van der Waals surface area contributed by atoms with Crippen molar-refractivity contribution in [2.24, 2.45) is 0 Å². The number of rotatable bonds is 7. The van der Waals surface area contributed by atoms with Gasteiger partial charge in [0.1, 0.15) is 29.4 Å². The molecule has 0 aliphatic rings. The van der Waals surface area contributed by atoms with Gasteiger partial charge in [0.15, 0.2) is 17.0 Å². The summed E-state index contributed by atoms with van der Waals surface area (Å²) in [7, 11) is 4.94. The number of methoxy groups -OCH3 is 3. The van der Waals surface area contributed by atoms with Crippen LogP contribution in [0.2, 0.25) is 0 Å². The summed E-state index contributed by atoms with van der Waals surface area (Å²) in [6.45, 7) is 0. The van der Waals surface area contributed by atoms with Crippen molar-refractivity contribution in [1.29, 1.82) is 0 Å². The molecule has 0 saturated heterocycles. The van der Waals surface area contributed by atoms with E-state index in [4.69, 9.17) is 19.2 Å². The fourth-order valence-corrected chi connectivity index (χ4v) is 3.70. The van der Waals surface area contributed by atoms with Crippen LogP contribution in [0, 0.1) is 0 Å². The van der Waals surface area contributed by atoms with Gasteiger partial charge in [0.25, 0.3) is 0 Å². The summed E-state index contributed by atoms with van der Waals surface area (Å²) in [5.74, 6) is 3.68. The van der Waals surface area contributed by atoms with Crippen LogP contribution in [0.3, 0.4) is 0 Å². The number of nitrogens with one attached hydrogen (secondary N) is 1. The Labute approximate surface area is 196 Å². The third-order valence-electron chi connectivity index (χ3n) is 5.48. The Morgan fingerprint density at radius 3 is 1.82 bits per heavy atom. The van der Waals surface area contributed by atoms with E-state index >= 15 is 0 Å². The number of anilines is 2. The molecule has 0 saturated carbocycles. The van der Waals surface area contributed by atoms with E-state index in [9.17, 15) is 0 Å². The van der Waals surface area contributed by atoms with Gasteiger partial charge in [0.05, 0.1) is 21.3 Å². The zero-order chi connectivity index (χ0) is 23.5. The average Bonchev–Trinajstić information content (AvgIpc) is 3.30. The van der Waals surface area contributed by atoms with E-state index in [1.807, 2.05) is 77.4 Å². The lowest BCUT2D eigenvalue weighted by Gasteiger charge is -2.10. The molecule has 0 amide bonds. The van der Waals surface area contributed by atoms with Crippen LogP contribution in [0.4, 0.5) is 11.5 Å². The maximum atomic E-state index is 5.33. The number of hydrogen-bond acceptors (Lipinski definition) is 7. The smallest absolute Gasteiger partial charge is 0.170 e. The molecule has 8 heteroatoms. The molecule has 5 aromatic rings. The molecule has 2 aromatic heterocycles. The van der Waals surface area contributed by atoms with Crippen molar-refractivity contribution in [3.63, 3.8) is 0 Å². The summed E-state index contributed by atoms with van der Waals surface area (Å²) >= 11 is 0. The number of hydrogen-bond donors (Lipinski definition) is 1. The average molecular weight is 454 g/mol. The molecule has 5 rings (SSSR count). The van der Waals surface area contributed by atoms with Crippen LogP contribution in [-0.2, 0) is 0 Å². The van der Waals surface area contributed by atoms with Gasteiger partial charge in [-0.05, 0) is 72.8 Å². The molecule has 0 spiro atoms. The minimum atomic E-state index is 0.609. The van der Waals surface area contributed by atoms with Crippen molar-refractivity contribution in [3.05, 3.63) is 79.1 Å². The Morgan fingerprint density at radius 2 is 1.24 bits per heavy atom. The first-order valence-corrected chi connectivity index (χ1v) is 10.6. The number of benzene rings is 3. The molecule has 170 valence electrons. The van der Waals surface area contributed by atoms with Crippen molar-refractivity contribution in [2.45, 2.75) is 0 Å². The molecule has 8 nitrogen and oxygen atoms in total. The Hall–Kier alpha value is -4.59. The predicted octanol–water partition coefficient (Wildman–Crippen LogP) is 5.25. The topological polar surface area (TPSA) is 83.3 Å². The molecule has 0 aliphatic carbocycles. The van der Waals surface area contributed by atoms with E-state index in [-0.39, 0.29) is 0 Å². The number of fused-ring (bicyclic) bond motifs is 1. The summed E-state index contributed by atoms with van der Waals surface area (Å²) in [5.41, 5.74) is 4.03. The van der Waals surface area contributed by atoms with Crippen molar-refractivity contribution in [2.75, 3.05) is 26.6 Å². The van der Waals surface area contributed by atoms with E-state index in [2.05, 4.69) is 15.3 Å². The molecular weight excluding hydrogens is 430 g/mol.